The number of hydrogen-bond acceptors (Lipinski definition) is 2. The molecule has 0 spiro atoms. The molecule has 0 bridgehead atoms. The van der Waals surface area contributed by atoms with Crippen molar-refractivity contribution < 1.29 is 8.42 Å². The van der Waals surface area contributed by atoms with Gasteiger partial charge < -0.3 is 0 Å². The van der Waals surface area contributed by atoms with Crippen LogP contribution in [-0.2, 0) is 22.5 Å². The van der Waals surface area contributed by atoms with Gasteiger partial charge in [-0.1, -0.05) is 13.3 Å². The molecule has 58 valence electrons. The van der Waals surface area contributed by atoms with Crippen LogP contribution in [0.5, 0.6) is 0 Å². The lowest BCUT2D eigenvalue weighted by Crippen LogP contribution is -2.08. The quantitative estimate of drug-likeness (QED) is 0.592. The molecule has 0 aliphatic rings. The molecular formula is C6H10O2S2. The van der Waals surface area contributed by atoms with E-state index in [1.54, 1.807) is 6.92 Å². The van der Waals surface area contributed by atoms with Crippen molar-refractivity contribution in [1.82, 2.24) is 0 Å². The van der Waals surface area contributed by atoms with Crippen molar-refractivity contribution >= 4 is 32.2 Å². The molecule has 0 rings (SSSR count). The van der Waals surface area contributed by atoms with E-state index in [1.165, 1.54) is 0 Å². The Labute approximate surface area is 67.8 Å². The Bertz CT molecular complexity index is 210. The monoisotopic (exact) mass is 178 g/mol. The summed E-state index contributed by atoms with van der Waals surface area (Å²) < 4.78 is 20.5. The Kier molecular flexibility index (Phi) is 5.43. The van der Waals surface area contributed by atoms with Gasteiger partial charge in [0.2, 0.25) is 0 Å². The summed E-state index contributed by atoms with van der Waals surface area (Å²) in [6.45, 7) is 3.67. The zero-order valence-corrected chi connectivity index (χ0v) is 7.68. The second kappa shape index (κ2) is 5.56. The molecule has 2 nitrogen and oxygen atoms in total. The highest BCUT2D eigenvalue weighted by Crippen LogP contribution is 1.90. The fourth-order valence-electron chi connectivity index (χ4n) is 0.550. The first-order valence-corrected chi connectivity index (χ1v) is 4.54. The molecule has 0 aromatic carbocycles. The topological polar surface area (TPSA) is 34.1 Å². The van der Waals surface area contributed by atoms with Gasteiger partial charge in [-0.15, -0.1) is 0 Å². The van der Waals surface area contributed by atoms with Crippen molar-refractivity contribution in [3.63, 3.8) is 0 Å². The Morgan fingerprint density at radius 2 is 1.90 bits per heavy atom. The van der Waals surface area contributed by atoms with E-state index in [-0.39, 0.29) is 0 Å². The lowest BCUT2D eigenvalue weighted by Gasteiger charge is -1.93. The third-order valence-electron chi connectivity index (χ3n) is 1.10. The second-order valence-corrected chi connectivity index (χ2v) is 3.33. The van der Waals surface area contributed by atoms with Crippen LogP contribution >= 0.6 is 0 Å². The first-order valence-electron chi connectivity index (χ1n) is 3.05. The van der Waals surface area contributed by atoms with Gasteiger partial charge in [-0.3, -0.25) is 0 Å². The van der Waals surface area contributed by atoms with Crippen molar-refractivity contribution in [1.29, 1.82) is 0 Å². The summed E-state index contributed by atoms with van der Waals surface area (Å²) in [5.74, 6) is 0. The van der Waals surface area contributed by atoms with Crippen molar-refractivity contribution in [2.45, 2.75) is 26.7 Å². The van der Waals surface area contributed by atoms with E-state index in [9.17, 15) is 8.42 Å². The van der Waals surface area contributed by atoms with E-state index in [0.717, 1.165) is 12.8 Å². The second-order valence-electron chi connectivity index (χ2n) is 1.90. The van der Waals surface area contributed by atoms with Gasteiger partial charge >= 0.3 is 0 Å². The average Bonchev–Trinajstić information content (AvgIpc) is 1.99. The summed E-state index contributed by atoms with van der Waals surface area (Å²) in [4.78, 5) is 1.30. The highest BCUT2D eigenvalue weighted by Gasteiger charge is 1.99. The van der Waals surface area contributed by atoms with E-state index in [0.29, 0.717) is 32.2 Å². The van der Waals surface area contributed by atoms with Crippen LogP contribution in [0.2, 0.25) is 0 Å². The molecule has 0 N–H and O–H groups in total. The van der Waals surface area contributed by atoms with Crippen molar-refractivity contribution in [2.75, 3.05) is 0 Å². The summed E-state index contributed by atoms with van der Waals surface area (Å²) in [5, 5.41) is 0. The normalized spacial score (nSPS) is 8.60. The maximum atomic E-state index is 10.3. The molecule has 0 aliphatic carbocycles. The fourth-order valence-corrected chi connectivity index (χ4v) is 1.35. The minimum Gasteiger partial charge on any atom is -0.212 e. The minimum atomic E-state index is 0.406. The van der Waals surface area contributed by atoms with Crippen LogP contribution in [-0.4, -0.2) is 18.1 Å². The Hall–Kier alpha value is -0.220. The van der Waals surface area contributed by atoms with Crippen molar-refractivity contribution in [2.24, 2.45) is 0 Å². The third kappa shape index (κ3) is 3.08. The highest BCUT2D eigenvalue weighted by atomic mass is 32.1. The standard InChI is InChI=1S/C6H10O2S2/c1-3-4-6(10-8)5(2)9-7/h3-4H2,1-2H3. The summed E-state index contributed by atoms with van der Waals surface area (Å²) >= 11 is 0.842. The smallest absolute Gasteiger partial charge is 0.0932 e. The summed E-state index contributed by atoms with van der Waals surface area (Å²) in [6.07, 6.45) is 1.65. The van der Waals surface area contributed by atoms with Crippen LogP contribution in [0.1, 0.15) is 26.7 Å². The van der Waals surface area contributed by atoms with Crippen LogP contribution in [0.15, 0.2) is 0 Å². The lowest BCUT2D eigenvalue weighted by molar-refractivity contribution is 0.699. The summed E-state index contributed by atoms with van der Waals surface area (Å²) in [6, 6.07) is 0. The van der Waals surface area contributed by atoms with Gasteiger partial charge in [-0.05, 0) is 13.3 Å². The zero-order valence-electron chi connectivity index (χ0n) is 6.05. The van der Waals surface area contributed by atoms with Gasteiger partial charge in [-0.25, -0.2) is 8.42 Å². The number of rotatable bonds is 3. The van der Waals surface area contributed by atoms with Gasteiger partial charge in [0.05, 0.1) is 32.2 Å². The first kappa shape index (κ1) is 9.78. The van der Waals surface area contributed by atoms with Crippen molar-refractivity contribution in [3.8, 4) is 0 Å². The molecule has 4 heteroatoms. The van der Waals surface area contributed by atoms with E-state index in [2.05, 4.69) is 0 Å². The molecule has 0 aliphatic heterocycles. The van der Waals surface area contributed by atoms with Crippen LogP contribution in [0, 0.1) is 0 Å². The van der Waals surface area contributed by atoms with E-state index in [1.807, 2.05) is 6.92 Å². The van der Waals surface area contributed by atoms with Crippen LogP contribution in [0.3, 0.4) is 0 Å². The minimum absolute atomic E-state index is 0.406. The van der Waals surface area contributed by atoms with Gasteiger partial charge in [0, 0.05) is 0 Å². The molecule has 0 aromatic heterocycles. The first-order chi connectivity index (χ1) is 4.76. The lowest BCUT2D eigenvalue weighted by atomic mass is 10.2. The Morgan fingerprint density at radius 3 is 2.20 bits per heavy atom. The van der Waals surface area contributed by atoms with Crippen LogP contribution in [0.25, 0.3) is 0 Å². The maximum Gasteiger partial charge on any atom is 0.0932 e. The molecule has 0 aromatic rings. The molecule has 0 heterocycles. The third-order valence-corrected chi connectivity index (χ3v) is 2.43. The van der Waals surface area contributed by atoms with E-state index < -0.39 is 0 Å². The molecule has 0 radical (unpaired) electrons. The molecule has 0 fully saturated rings. The van der Waals surface area contributed by atoms with E-state index >= 15 is 0 Å². The molecule has 0 amide bonds. The Balaban J connectivity index is 4.39. The van der Waals surface area contributed by atoms with Crippen LogP contribution < -0.4 is 0 Å². The fraction of sp³-hybridized carbons (Fsp3) is 0.667. The zero-order chi connectivity index (χ0) is 7.98. The highest BCUT2D eigenvalue weighted by molar-refractivity contribution is 7.76. The summed E-state index contributed by atoms with van der Waals surface area (Å²) in [5.41, 5.74) is 0. The average molecular weight is 178 g/mol. The van der Waals surface area contributed by atoms with Crippen molar-refractivity contribution in [3.05, 3.63) is 0 Å². The Morgan fingerprint density at radius 1 is 1.30 bits per heavy atom. The molecular weight excluding hydrogens is 168 g/mol. The molecule has 0 unspecified atom stereocenters. The predicted octanol–water partition coefficient (Wildman–Crippen LogP) is 0.577. The summed E-state index contributed by atoms with van der Waals surface area (Å²) in [7, 11) is 0. The van der Waals surface area contributed by atoms with Gasteiger partial charge in [0.1, 0.15) is 0 Å². The number of hydrogen-bond donors (Lipinski definition) is 0. The predicted molar refractivity (Wildman–Crippen MR) is 46.9 cm³/mol. The maximum absolute atomic E-state index is 10.3. The van der Waals surface area contributed by atoms with Crippen LogP contribution in [0.4, 0.5) is 0 Å². The molecule has 0 atom stereocenters. The SMILES string of the molecule is CCCC(=S=O)C(C)=S=O. The van der Waals surface area contributed by atoms with Gasteiger partial charge in [0.25, 0.3) is 0 Å². The van der Waals surface area contributed by atoms with Gasteiger partial charge in [-0.2, -0.15) is 0 Å². The van der Waals surface area contributed by atoms with Gasteiger partial charge in [0.15, 0.2) is 0 Å². The molecule has 0 saturated heterocycles. The molecule has 10 heavy (non-hydrogen) atoms. The molecule has 0 saturated carbocycles. The largest absolute Gasteiger partial charge is 0.212 e. The van der Waals surface area contributed by atoms with E-state index in [4.69, 9.17) is 0 Å².